The Bertz CT molecular complexity index is 666. The van der Waals surface area contributed by atoms with Crippen molar-refractivity contribution in [3.8, 4) is 0 Å². The van der Waals surface area contributed by atoms with Gasteiger partial charge in [-0.2, -0.15) is 0 Å². The molecule has 5 nitrogen and oxygen atoms in total. The first-order valence-corrected chi connectivity index (χ1v) is 9.46. The molecule has 1 saturated heterocycles. The van der Waals surface area contributed by atoms with Crippen molar-refractivity contribution >= 4 is 5.82 Å². The lowest BCUT2D eigenvalue weighted by Gasteiger charge is -2.35. The minimum atomic E-state index is 0.407. The average Bonchev–Trinajstić information content (AvgIpc) is 3.23. The molecule has 0 unspecified atom stereocenters. The van der Waals surface area contributed by atoms with Crippen LogP contribution >= 0.6 is 0 Å². The second-order valence-electron chi connectivity index (χ2n) is 7.10. The summed E-state index contributed by atoms with van der Waals surface area (Å²) in [5.74, 6) is 1.44. The minimum Gasteiger partial charge on any atom is -0.381 e. The normalized spacial score (nSPS) is 21.4. The van der Waals surface area contributed by atoms with E-state index < -0.39 is 0 Å². The summed E-state index contributed by atoms with van der Waals surface area (Å²) < 4.78 is 5.54. The van der Waals surface area contributed by atoms with Crippen molar-refractivity contribution in [2.24, 2.45) is 0 Å². The lowest BCUT2D eigenvalue weighted by molar-refractivity contribution is 0.193. The van der Waals surface area contributed by atoms with Crippen LogP contribution in [0.25, 0.3) is 0 Å². The van der Waals surface area contributed by atoms with Crippen molar-refractivity contribution in [3.63, 3.8) is 0 Å². The monoisotopic (exact) mass is 338 g/mol. The van der Waals surface area contributed by atoms with E-state index in [1.54, 1.807) is 6.33 Å². The summed E-state index contributed by atoms with van der Waals surface area (Å²) in [5.41, 5.74) is 2.21. The number of pyridine rings is 1. The van der Waals surface area contributed by atoms with Crippen LogP contribution in [-0.4, -0.2) is 34.2 Å². The Hall–Kier alpha value is -2.01. The van der Waals surface area contributed by atoms with Crippen molar-refractivity contribution in [1.29, 1.82) is 0 Å². The van der Waals surface area contributed by atoms with Gasteiger partial charge in [-0.05, 0) is 31.4 Å². The Labute approximate surface area is 149 Å². The number of hydrogen-bond donors (Lipinski definition) is 0. The molecule has 2 aromatic heterocycles. The van der Waals surface area contributed by atoms with Gasteiger partial charge in [0, 0.05) is 30.8 Å². The Balaban J connectivity index is 1.61. The molecule has 1 aliphatic carbocycles. The Kier molecular flexibility index (Phi) is 5.21. The van der Waals surface area contributed by atoms with E-state index in [4.69, 9.17) is 4.74 Å². The molecule has 2 fully saturated rings. The van der Waals surface area contributed by atoms with Crippen LogP contribution < -0.4 is 4.90 Å². The molecule has 0 amide bonds. The summed E-state index contributed by atoms with van der Waals surface area (Å²) in [4.78, 5) is 16.1. The first-order valence-electron chi connectivity index (χ1n) is 9.46. The van der Waals surface area contributed by atoms with E-state index in [0.29, 0.717) is 12.0 Å². The fraction of sp³-hybridized carbons (Fsp3) is 0.550. The van der Waals surface area contributed by atoms with Gasteiger partial charge in [0.05, 0.1) is 24.5 Å². The zero-order valence-corrected chi connectivity index (χ0v) is 14.7. The van der Waals surface area contributed by atoms with Crippen LogP contribution in [0, 0.1) is 0 Å². The molecule has 2 aliphatic rings. The molecule has 1 aliphatic heterocycles. The third-order valence-electron chi connectivity index (χ3n) is 5.39. The molecule has 0 radical (unpaired) electrons. The standard InChI is InChI=1S/C20H26N4O/c1-2-7-18(8-3-1)24(13-17-6-4-5-10-21-17)20-12-19(22-15-23-20)16-9-11-25-14-16/h4-6,10,12,15-16,18H,1-3,7-9,11,13-14H2/t16-/m1/s1. The first-order chi connectivity index (χ1) is 12.4. The smallest absolute Gasteiger partial charge is 0.132 e. The topological polar surface area (TPSA) is 51.1 Å². The summed E-state index contributed by atoms with van der Waals surface area (Å²) in [7, 11) is 0. The number of nitrogens with zero attached hydrogens (tertiary/aromatic N) is 4. The van der Waals surface area contributed by atoms with E-state index in [2.05, 4.69) is 38.1 Å². The summed E-state index contributed by atoms with van der Waals surface area (Å²) >= 11 is 0. The number of hydrogen-bond acceptors (Lipinski definition) is 5. The van der Waals surface area contributed by atoms with Crippen LogP contribution in [0.3, 0.4) is 0 Å². The molecule has 5 heteroatoms. The highest BCUT2D eigenvalue weighted by atomic mass is 16.5. The lowest BCUT2D eigenvalue weighted by Crippen LogP contribution is -2.37. The SMILES string of the molecule is c1ccc(CN(c2cc([C@@H]3CCOC3)ncn2)C2CCCCC2)nc1. The van der Waals surface area contributed by atoms with E-state index in [1.165, 1.54) is 32.1 Å². The zero-order valence-electron chi connectivity index (χ0n) is 14.7. The Morgan fingerprint density at radius 2 is 1.96 bits per heavy atom. The highest BCUT2D eigenvalue weighted by molar-refractivity contribution is 5.42. The molecule has 25 heavy (non-hydrogen) atoms. The molecule has 0 aromatic carbocycles. The minimum absolute atomic E-state index is 0.407. The maximum atomic E-state index is 5.54. The third-order valence-corrected chi connectivity index (χ3v) is 5.39. The molecular formula is C20H26N4O. The van der Waals surface area contributed by atoms with Gasteiger partial charge in [0.15, 0.2) is 0 Å². The third kappa shape index (κ3) is 3.98. The number of ether oxygens (including phenoxy) is 1. The second kappa shape index (κ2) is 7.91. The van der Waals surface area contributed by atoms with Gasteiger partial charge in [-0.1, -0.05) is 25.3 Å². The molecule has 0 spiro atoms. The predicted molar refractivity (Wildman–Crippen MR) is 97.5 cm³/mol. The van der Waals surface area contributed by atoms with Crippen LogP contribution in [-0.2, 0) is 11.3 Å². The van der Waals surface area contributed by atoms with Gasteiger partial charge in [0.25, 0.3) is 0 Å². The number of rotatable bonds is 5. The molecule has 0 bridgehead atoms. The summed E-state index contributed by atoms with van der Waals surface area (Å²) in [6, 6.07) is 8.85. The van der Waals surface area contributed by atoms with Gasteiger partial charge in [-0.25, -0.2) is 9.97 Å². The molecule has 132 valence electrons. The van der Waals surface area contributed by atoms with Gasteiger partial charge in [0.1, 0.15) is 12.1 Å². The van der Waals surface area contributed by atoms with Gasteiger partial charge >= 0.3 is 0 Å². The molecule has 2 aromatic rings. The van der Waals surface area contributed by atoms with E-state index in [0.717, 1.165) is 43.4 Å². The molecule has 1 saturated carbocycles. The molecular weight excluding hydrogens is 312 g/mol. The van der Waals surface area contributed by atoms with Gasteiger partial charge in [-0.15, -0.1) is 0 Å². The van der Waals surface area contributed by atoms with E-state index in [-0.39, 0.29) is 0 Å². The maximum absolute atomic E-state index is 5.54. The van der Waals surface area contributed by atoms with Gasteiger partial charge in [0.2, 0.25) is 0 Å². The van der Waals surface area contributed by atoms with E-state index in [9.17, 15) is 0 Å². The van der Waals surface area contributed by atoms with Crippen LogP contribution in [0.1, 0.15) is 55.8 Å². The van der Waals surface area contributed by atoms with Crippen molar-refractivity contribution < 1.29 is 4.74 Å². The summed E-state index contributed by atoms with van der Waals surface area (Å²) in [5, 5.41) is 0. The average molecular weight is 338 g/mol. The van der Waals surface area contributed by atoms with Crippen LogP contribution in [0.5, 0.6) is 0 Å². The molecule has 1 atom stereocenters. The molecule has 3 heterocycles. The first kappa shape index (κ1) is 16.5. The quantitative estimate of drug-likeness (QED) is 0.832. The number of anilines is 1. The van der Waals surface area contributed by atoms with Crippen molar-refractivity contribution in [2.75, 3.05) is 18.1 Å². The lowest BCUT2D eigenvalue weighted by atomic mass is 9.94. The highest BCUT2D eigenvalue weighted by Gasteiger charge is 2.25. The fourth-order valence-electron chi connectivity index (χ4n) is 3.97. The highest BCUT2D eigenvalue weighted by Crippen LogP contribution is 2.30. The van der Waals surface area contributed by atoms with Crippen LogP contribution in [0.4, 0.5) is 5.82 Å². The van der Waals surface area contributed by atoms with Crippen molar-refractivity contribution in [1.82, 2.24) is 15.0 Å². The van der Waals surface area contributed by atoms with Crippen molar-refractivity contribution in [2.45, 2.75) is 57.0 Å². The Morgan fingerprint density at radius 3 is 2.72 bits per heavy atom. The summed E-state index contributed by atoms with van der Waals surface area (Å²) in [6.45, 7) is 2.42. The Morgan fingerprint density at radius 1 is 1.04 bits per heavy atom. The van der Waals surface area contributed by atoms with Gasteiger partial charge < -0.3 is 9.64 Å². The zero-order chi connectivity index (χ0) is 16.9. The number of aromatic nitrogens is 3. The van der Waals surface area contributed by atoms with E-state index in [1.807, 2.05) is 12.3 Å². The van der Waals surface area contributed by atoms with Crippen LogP contribution in [0.2, 0.25) is 0 Å². The van der Waals surface area contributed by atoms with Crippen LogP contribution in [0.15, 0.2) is 36.8 Å². The fourth-order valence-corrected chi connectivity index (χ4v) is 3.97. The van der Waals surface area contributed by atoms with Crippen molar-refractivity contribution in [3.05, 3.63) is 48.2 Å². The predicted octanol–water partition coefficient (Wildman–Crippen LogP) is 3.71. The molecule has 4 rings (SSSR count). The largest absolute Gasteiger partial charge is 0.381 e. The summed E-state index contributed by atoms with van der Waals surface area (Å²) in [6.07, 6.45) is 11.1. The second-order valence-corrected chi connectivity index (χ2v) is 7.10. The van der Waals surface area contributed by atoms with E-state index >= 15 is 0 Å². The molecule has 0 N–H and O–H groups in total. The maximum Gasteiger partial charge on any atom is 0.132 e. The van der Waals surface area contributed by atoms with Gasteiger partial charge in [-0.3, -0.25) is 4.98 Å².